The van der Waals surface area contributed by atoms with E-state index < -0.39 is 17.5 Å². The zero-order chi connectivity index (χ0) is 32.0. The maximum Gasteiger partial charge on any atom is 0.207 e. The van der Waals surface area contributed by atoms with Gasteiger partial charge in [0.1, 0.15) is 10.3 Å². The molecule has 9 nitrogen and oxygen atoms in total. The van der Waals surface area contributed by atoms with Gasteiger partial charge < -0.3 is 25.0 Å². The molecule has 0 atom stereocenters. The molecule has 0 radical (unpaired) electrons. The number of hydrogen-bond donors (Lipinski definition) is 3. The molecule has 0 spiro atoms. The fraction of sp³-hybridized carbons (Fsp3) is 0.0625. The lowest BCUT2D eigenvalue weighted by Crippen LogP contribution is -2.06. The summed E-state index contributed by atoms with van der Waals surface area (Å²) in [7, 11) is 0. The standard InChI is InChI=1S/C20H16ClFN4O.C12H6ClF2N3O/c21-17-9-6-14(12-24-17)25-20-15-7-8-16(18(22)19(15)27-26-20)23-11-10-13-4-2-1-3-5-13;13-9-4-1-6(5-16-9)17-12-7-2-3-8(14)10(15)11(7)19-18-12/h1-9,12,23H,10-11H2,(H,25,26);1-5H,(H,17,18). The predicted molar refractivity (Wildman–Crippen MR) is 172 cm³/mol. The highest BCUT2D eigenvalue weighted by Gasteiger charge is 2.17. The number of anilines is 5. The monoisotopic (exact) mass is 663 g/mol. The lowest BCUT2D eigenvalue weighted by molar-refractivity contribution is 0.429. The van der Waals surface area contributed by atoms with E-state index in [0.29, 0.717) is 50.5 Å². The van der Waals surface area contributed by atoms with Gasteiger partial charge in [-0.1, -0.05) is 63.8 Å². The number of halogens is 5. The molecule has 0 fully saturated rings. The number of rotatable bonds is 8. The van der Waals surface area contributed by atoms with Crippen LogP contribution in [0.25, 0.3) is 21.9 Å². The molecule has 46 heavy (non-hydrogen) atoms. The van der Waals surface area contributed by atoms with Crippen molar-refractivity contribution in [3.05, 3.63) is 125 Å². The van der Waals surface area contributed by atoms with Gasteiger partial charge in [-0.25, -0.2) is 18.7 Å². The van der Waals surface area contributed by atoms with Crippen LogP contribution in [0.2, 0.25) is 10.3 Å². The Bertz CT molecular complexity index is 2090. The molecule has 4 heterocycles. The number of aromatic nitrogens is 4. The van der Waals surface area contributed by atoms with Crippen molar-refractivity contribution in [1.29, 1.82) is 0 Å². The van der Waals surface area contributed by atoms with Crippen molar-refractivity contribution >= 4 is 73.8 Å². The normalized spacial score (nSPS) is 10.9. The smallest absolute Gasteiger partial charge is 0.207 e. The van der Waals surface area contributed by atoms with E-state index >= 15 is 0 Å². The maximum absolute atomic E-state index is 14.7. The maximum atomic E-state index is 14.7. The van der Waals surface area contributed by atoms with Crippen molar-refractivity contribution in [3.63, 3.8) is 0 Å². The Balaban J connectivity index is 0.000000172. The minimum absolute atomic E-state index is 0.101. The second kappa shape index (κ2) is 13.8. The summed E-state index contributed by atoms with van der Waals surface area (Å²) >= 11 is 11.4. The van der Waals surface area contributed by atoms with Crippen LogP contribution in [0.3, 0.4) is 0 Å². The number of nitrogens with zero attached hydrogens (tertiary/aromatic N) is 4. The first-order valence-corrected chi connectivity index (χ1v) is 14.5. The van der Waals surface area contributed by atoms with E-state index in [4.69, 9.17) is 32.2 Å². The summed E-state index contributed by atoms with van der Waals surface area (Å²) < 4.78 is 51.2. The lowest BCUT2D eigenvalue weighted by atomic mass is 10.1. The highest BCUT2D eigenvalue weighted by Crippen LogP contribution is 2.32. The van der Waals surface area contributed by atoms with Gasteiger partial charge in [0, 0.05) is 6.54 Å². The molecule has 7 aromatic rings. The Kier molecular flexibility index (Phi) is 9.18. The second-order valence-electron chi connectivity index (χ2n) is 9.76. The lowest BCUT2D eigenvalue weighted by Gasteiger charge is -2.08. The molecule has 4 aromatic heterocycles. The zero-order valence-electron chi connectivity index (χ0n) is 23.6. The highest BCUT2D eigenvalue weighted by atomic mass is 35.5. The van der Waals surface area contributed by atoms with Gasteiger partial charge in [0.25, 0.3) is 0 Å². The number of pyridine rings is 2. The SMILES string of the molecule is Fc1c(NCCc2ccccc2)ccc2c(Nc3ccc(Cl)nc3)noc12.Fc1ccc2c(Nc3ccc(Cl)nc3)noc2c1F. The fourth-order valence-electron chi connectivity index (χ4n) is 4.40. The largest absolute Gasteiger partial charge is 0.382 e. The molecular weight excluding hydrogens is 642 g/mol. The molecule has 0 saturated heterocycles. The summed E-state index contributed by atoms with van der Waals surface area (Å²) in [5.41, 5.74) is 2.72. The van der Waals surface area contributed by atoms with E-state index in [1.54, 1.807) is 42.6 Å². The molecule has 14 heteroatoms. The van der Waals surface area contributed by atoms with E-state index in [0.717, 1.165) is 12.5 Å². The van der Waals surface area contributed by atoms with Crippen LogP contribution >= 0.6 is 23.2 Å². The minimum Gasteiger partial charge on any atom is -0.382 e. The third-order valence-corrected chi connectivity index (χ3v) is 7.11. The average Bonchev–Trinajstić information content (AvgIpc) is 3.68. The molecule has 0 aliphatic carbocycles. The molecule has 0 bridgehead atoms. The summed E-state index contributed by atoms with van der Waals surface area (Å²) in [6, 6.07) is 22.6. The van der Waals surface area contributed by atoms with Gasteiger partial charge in [-0.2, -0.15) is 4.39 Å². The first kappa shape index (κ1) is 30.7. The molecule has 3 aromatic carbocycles. The van der Waals surface area contributed by atoms with Crippen molar-refractivity contribution in [2.45, 2.75) is 6.42 Å². The van der Waals surface area contributed by atoms with Gasteiger partial charge in [-0.05, 0) is 60.5 Å². The Labute approximate surface area is 269 Å². The van der Waals surface area contributed by atoms with E-state index in [1.165, 1.54) is 17.8 Å². The van der Waals surface area contributed by atoms with Crippen LogP contribution in [0, 0.1) is 17.5 Å². The van der Waals surface area contributed by atoms with Gasteiger partial charge in [-0.15, -0.1) is 0 Å². The van der Waals surface area contributed by atoms with E-state index in [1.807, 2.05) is 30.3 Å². The molecule has 0 unspecified atom stereocenters. The summed E-state index contributed by atoms with van der Waals surface area (Å²) in [5.74, 6) is -1.81. The molecule has 7 rings (SSSR count). The number of hydrogen-bond acceptors (Lipinski definition) is 9. The molecule has 232 valence electrons. The summed E-state index contributed by atoms with van der Waals surface area (Å²) in [5, 5.41) is 18.3. The number of benzene rings is 3. The van der Waals surface area contributed by atoms with Crippen molar-refractivity contribution in [2.24, 2.45) is 0 Å². The Morgan fingerprint density at radius 3 is 1.76 bits per heavy atom. The van der Waals surface area contributed by atoms with Crippen LogP contribution in [0.15, 0.2) is 100 Å². The molecule has 0 aliphatic rings. The van der Waals surface area contributed by atoms with Crippen molar-refractivity contribution in [1.82, 2.24) is 20.3 Å². The quantitative estimate of drug-likeness (QED) is 0.137. The topological polar surface area (TPSA) is 114 Å². The zero-order valence-corrected chi connectivity index (χ0v) is 25.1. The predicted octanol–water partition coefficient (Wildman–Crippen LogP) is 9.31. The molecule has 3 N–H and O–H groups in total. The molecule has 0 saturated carbocycles. The van der Waals surface area contributed by atoms with Crippen molar-refractivity contribution < 1.29 is 22.2 Å². The average molecular weight is 664 g/mol. The number of nitrogens with one attached hydrogen (secondary N) is 3. The van der Waals surface area contributed by atoms with Crippen molar-refractivity contribution in [2.75, 3.05) is 22.5 Å². The Morgan fingerprint density at radius 1 is 0.630 bits per heavy atom. The first-order valence-electron chi connectivity index (χ1n) is 13.7. The van der Waals surface area contributed by atoms with Crippen LogP contribution in [-0.4, -0.2) is 26.8 Å². The van der Waals surface area contributed by atoms with Gasteiger partial charge in [0.15, 0.2) is 23.3 Å². The van der Waals surface area contributed by atoms with Crippen molar-refractivity contribution in [3.8, 4) is 0 Å². The fourth-order valence-corrected chi connectivity index (χ4v) is 4.62. The Morgan fingerprint density at radius 2 is 1.20 bits per heavy atom. The summed E-state index contributed by atoms with van der Waals surface area (Å²) in [6.45, 7) is 0.613. The molecule has 0 aliphatic heterocycles. The van der Waals surface area contributed by atoms with Gasteiger partial charge in [0.2, 0.25) is 17.0 Å². The number of fused-ring (bicyclic) bond motifs is 2. The van der Waals surface area contributed by atoms with Crippen LogP contribution < -0.4 is 16.0 Å². The molecular formula is C32H22Cl2F3N7O2. The third kappa shape index (κ3) is 6.98. The Hall–Kier alpha value is -5.33. The van der Waals surface area contributed by atoms with Crippen LogP contribution in [-0.2, 0) is 6.42 Å². The summed E-state index contributed by atoms with van der Waals surface area (Å²) in [4.78, 5) is 7.87. The third-order valence-electron chi connectivity index (χ3n) is 6.67. The second-order valence-corrected chi connectivity index (χ2v) is 10.5. The van der Waals surface area contributed by atoms with Crippen LogP contribution in [0.5, 0.6) is 0 Å². The van der Waals surface area contributed by atoms with Crippen LogP contribution in [0.4, 0.5) is 41.9 Å². The van der Waals surface area contributed by atoms with Crippen LogP contribution in [0.1, 0.15) is 5.56 Å². The van der Waals surface area contributed by atoms with E-state index in [9.17, 15) is 13.2 Å². The van der Waals surface area contributed by atoms with E-state index in [2.05, 4.69) is 36.2 Å². The van der Waals surface area contributed by atoms with Gasteiger partial charge in [-0.3, -0.25) is 0 Å². The van der Waals surface area contributed by atoms with Gasteiger partial charge >= 0.3 is 0 Å². The molecule has 0 amide bonds. The minimum atomic E-state index is -1.06. The van der Waals surface area contributed by atoms with Gasteiger partial charge in [0.05, 0.1) is 40.2 Å². The highest BCUT2D eigenvalue weighted by molar-refractivity contribution is 6.29. The summed E-state index contributed by atoms with van der Waals surface area (Å²) in [6.07, 6.45) is 3.85. The van der Waals surface area contributed by atoms with E-state index in [-0.39, 0.29) is 17.0 Å². The first-order chi connectivity index (χ1) is 22.4.